The van der Waals surface area contributed by atoms with Crippen molar-refractivity contribution < 1.29 is 9.72 Å². The minimum atomic E-state index is -0.421. The average molecular weight is 233 g/mol. The van der Waals surface area contributed by atoms with E-state index in [1.807, 2.05) is 0 Å². The van der Waals surface area contributed by atoms with Crippen LogP contribution in [0.2, 0.25) is 0 Å². The van der Waals surface area contributed by atoms with Crippen LogP contribution in [0.15, 0.2) is 24.3 Å². The fourth-order valence-corrected chi connectivity index (χ4v) is 2.56. The van der Waals surface area contributed by atoms with Gasteiger partial charge in [-0.15, -0.1) is 0 Å². The smallest absolute Gasteiger partial charge is 0.269 e. The van der Waals surface area contributed by atoms with Gasteiger partial charge in [-0.2, -0.15) is 0 Å². The number of carbonyl (C=O) groups is 1. The largest absolute Gasteiger partial charge is 0.299 e. The van der Waals surface area contributed by atoms with Gasteiger partial charge in [0.15, 0.2) is 0 Å². The van der Waals surface area contributed by atoms with Crippen molar-refractivity contribution in [2.45, 2.75) is 32.1 Å². The summed E-state index contributed by atoms with van der Waals surface area (Å²) in [5.41, 5.74) is 0.984. The van der Waals surface area contributed by atoms with Crippen LogP contribution in [0.1, 0.15) is 37.7 Å². The average Bonchev–Trinajstić information content (AvgIpc) is 2.29. The molecule has 0 N–H and O–H groups in total. The zero-order valence-electron chi connectivity index (χ0n) is 9.76. The molecule has 90 valence electrons. The second-order valence-electron chi connectivity index (χ2n) is 4.66. The van der Waals surface area contributed by atoms with E-state index < -0.39 is 4.92 Å². The number of nitrogens with zero attached hydrogens (tertiary/aromatic N) is 1. The third kappa shape index (κ3) is 2.35. The molecule has 4 heteroatoms. The van der Waals surface area contributed by atoms with Crippen LogP contribution in [0.5, 0.6) is 0 Å². The van der Waals surface area contributed by atoms with Gasteiger partial charge in [-0.1, -0.05) is 19.1 Å². The van der Waals surface area contributed by atoms with Crippen molar-refractivity contribution in [3.05, 3.63) is 39.9 Å². The number of nitro groups is 1. The molecule has 2 rings (SSSR count). The van der Waals surface area contributed by atoms with Crippen molar-refractivity contribution in [1.82, 2.24) is 0 Å². The fraction of sp³-hybridized carbons (Fsp3) is 0.462. The molecule has 1 aliphatic rings. The first-order valence-electron chi connectivity index (χ1n) is 5.86. The molecular weight excluding hydrogens is 218 g/mol. The van der Waals surface area contributed by atoms with Crippen LogP contribution in [-0.4, -0.2) is 10.7 Å². The summed E-state index contributed by atoms with van der Waals surface area (Å²) >= 11 is 0. The number of benzene rings is 1. The zero-order valence-corrected chi connectivity index (χ0v) is 9.76. The third-order valence-corrected chi connectivity index (χ3v) is 3.46. The lowest BCUT2D eigenvalue weighted by atomic mass is 9.75. The summed E-state index contributed by atoms with van der Waals surface area (Å²) in [7, 11) is 0. The highest BCUT2D eigenvalue weighted by molar-refractivity contribution is 5.86. The first kappa shape index (κ1) is 11.8. The van der Waals surface area contributed by atoms with E-state index in [4.69, 9.17) is 0 Å². The quantitative estimate of drug-likeness (QED) is 0.582. The first-order chi connectivity index (χ1) is 8.09. The van der Waals surface area contributed by atoms with E-state index in [1.54, 1.807) is 12.1 Å². The van der Waals surface area contributed by atoms with E-state index >= 15 is 0 Å². The van der Waals surface area contributed by atoms with E-state index in [1.165, 1.54) is 12.1 Å². The van der Waals surface area contributed by atoms with Gasteiger partial charge < -0.3 is 0 Å². The maximum atomic E-state index is 11.9. The highest BCUT2D eigenvalue weighted by Gasteiger charge is 2.30. The lowest BCUT2D eigenvalue weighted by molar-refractivity contribution is -0.384. The molecule has 0 heterocycles. The van der Waals surface area contributed by atoms with Gasteiger partial charge in [-0.05, 0) is 24.3 Å². The van der Waals surface area contributed by atoms with Gasteiger partial charge in [-0.25, -0.2) is 0 Å². The highest BCUT2D eigenvalue weighted by Crippen LogP contribution is 2.35. The van der Waals surface area contributed by atoms with Gasteiger partial charge >= 0.3 is 0 Å². The van der Waals surface area contributed by atoms with Crippen molar-refractivity contribution in [2.75, 3.05) is 0 Å². The number of rotatable bonds is 2. The lowest BCUT2D eigenvalue weighted by Crippen LogP contribution is -2.24. The summed E-state index contributed by atoms with van der Waals surface area (Å²) in [4.78, 5) is 22.0. The topological polar surface area (TPSA) is 60.2 Å². The van der Waals surface area contributed by atoms with Crippen molar-refractivity contribution in [3.8, 4) is 0 Å². The van der Waals surface area contributed by atoms with Crippen LogP contribution in [0.3, 0.4) is 0 Å². The van der Waals surface area contributed by atoms with E-state index in [0.29, 0.717) is 12.3 Å². The van der Waals surface area contributed by atoms with E-state index in [0.717, 1.165) is 18.4 Å². The lowest BCUT2D eigenvalue weighted by Gasteiger charge is -2.27. The molecule has 1 saturated carbocycles. The van der Waals surface area contributed by atoms with Gasteiger partial charge in [0.1, 0.15) is 5.78 Å². The number of hydrogen-bond acceptors (Lipinski definition) is 3. The molecular formula is C13H15NO3. The number of nitro benzene ring substituents is 1. The standard InChI is InChI=1S/C13H15NO3/c1-9-3-2-4-12(15)13(9)10-5-7-11(8-6-10)14(16)17/h5-9,13H,2-4H2,1H3/t9-,13-/m1/s1. The predicted octanol–water partition coefficient (Wildman–Crippen LogP) is 3.07. The molecule has 1 fully saturated rings. The molecule has 0 saturated heterocycles. The number of non-ortho nitro benzene ring substituents is 1. The Morgan fingerprint density at radius 1 is 1.29 bits per heavy atom. The Labute approximate surface area is 99.8 Å². The van der Waals surface area contributed by atoms with Crippen molar-refractivity contribution in [3.63, 3.8) is 0 Å². The Hall–Kier alpha value is -1.71. The van der Waals surface area contributed by atoms with Crippen molar-refractivity contribution in [1.29, 1.82) is 0 Å². The summed E-state index contributed by atoms with van der Waals surface area (Å²) in [5.74, 6) is 0.514. The summed E-state index contributed by atoms with van der Waals surface area (Å²) in [5, 5.41) is 10.6. The number of hydrogen-bond donors (Lipinski definition) is 0. The number of ketones is 1. The van der Waals surface area contributed by atoms with Gasteiger partial charge in [0.25, 0.3) is 5.69 Å². The molecule has 0 radical (unpaired) electrons. The van der Waals surface area contributed by atoms with Gasteiger partial charge in [-0.3, -0.25) is 14.9 Å². The molecule has 0 aromatic heterocycles. The SMILES string of the molecule is C[C@@H]1CCCC(=O)[C@H]1c1ccc([N+](=O)[O-])cc1. The molecule has 0 aliphatic heterocycles. The van der Waals surface area contributed by atoms with Gasteiger partial charge in [0.05, 0.1) is 4.92 Å². The first-order valence-corrected chi connectivity index (χ1v) is 5.86. The minimum Gasteiger partial charge on any atom is -0.299 e. The van der Waals surface area contributed by atoms with E-state index in [-0.39, 0.29) is 17.4 Å². The molecule has 17 heavy (non-hydrogen) atoms. The molecule has 1 aliphatic carbocycles. The Morgan fingerprint density at radius 2 is 1.94 bits per heavy atom. The van der Waals surface area contributed by atoms with Crippen molar-refractivity contribution in [2.24, 2.45) is 5.92 Å². The molecule has 0 amide bonds. The molecule has 0 spiro atoms. The summed E-state index contributed by atoms with van der Waals surface area (Å²) in [6, 6.07) is 6.37. The van der Waals surface area contributed by atoms with Crippen molar-refractivity contribution >= 4 is 11.5 Å². The maximum Gasteiger partial charge on any atom is 0.269 e. The molecule has 4 nitrogen and oxygen atoms in total. The number of Topliss-reactive ketones (excluding diaryl/α,β-unsaturated/α-hetero) is 1. The van der Waals surface area contributed by atoms with E-state index in [2.05, 4.69) is 6.92 Å². The fourth-order valence-electron chi connectivity index (χ4n) is 2.56. The summed E-state index contributed by atoms with van der Waals surface area (Å²) in [6.07, 6.45) is 2.64. The van der Waals surface area contributed by atoms with Crippen LogP contribution in [-0.2, 0) is 4.79 Å². The molecule has 1 aromatic rings. The van der Waals surface area contributed by atoms with E-state index in [9.17, 15) is 14.9 Å². The molecule has 2 atom stereocenters. The van der Waals surface area contributed by atoms with Crippen LogP contribution in [0.25, 0.3) is 0 Å². The Balaban J connectivity index is 2.26. The third-order valence-electron chi connectivity index (χ3n) is 3.46. The van der Waals surface area contributed by atoms with Gasteiger partial charge in [0, 0.05) is 24.5 Å². The van der Waals surface area contributed by atoms with Crippen LogP contribution in [0.4, 0.5) is 5.69 Å². The van der Waals surface area contributed by atoms with Crippen LogP contribution >= 0.6 is 0 Å². The molecule has 0 bridgehead atoms. The maximum absolute atomic E-state index is 11.9. The Morgan fingerprint density at radius 3 is 2.47 bits per heavy atom. The highest BCUT2D eigenvalue weighted by atomic mass is 16.6. The Bertz CT molecular complexity index is 438. The monoisotopic (exact) mass is 233 g/mol. The zero-order chi connectivity index (χ0) is 12.4. The van der Waals surface area contributed by atoms with Crippen LogP contribution in [0, 0.1) is 16.0 Å². The summed E-state index contributed by atoms with van der Waals surface area (Å²) in [6.45, 7) is 2.07. The second kappa shape index (κ2) is 4.65. The minimum absolute atomic E-state index is 0.0738. The van der Waals surface area contributed by atoms with Gasteiger partial charge in [0.2, 0.25) is 0 Å². The van der Waals surface area contributed by atoms with Crippen LogP contribution < -0.4 is 0 Å². The predicted molar refractivity (Wildman–Crippen MR) is 63.9 cm³/mol. The second-order valence-corrected chi connectivity index (χ2v) is 4.66. The molecule has 0 unspecified atom stereocenters. The summed E-state index contributed by atoms with van der Waals surface area (Å²) < 4.78 is 0. The normalized spacial score (nSPS) is 24.6. The number of carbonyl (C=O) groups excluding carboxylic acids is 1. The molecule has 1 aromatic carbocycles. The Kier molecular flexibility index (Phi) is 3.22.